The molecule has 7 heteroatoms. The third kappa shape index (κ3) is 3.54. The number of hydrogen-bond donors (Lipinski definition) is 1. The summed E-state index contributed by atoms with van der Waals surface area (Å²) in [4.78, 5) is 24.0. The van der Waals surface area contributed by atoms with Crippen molar-refractivity contribution in [2.24, 2.45) is 0 Å². The minimum atomic E-state index is -0.969. The van der Waals surface area contributed by atoms with Crippen LogP contribution in [0.15, 0.2) is 6.20 Å². The maximum absolute atomic E-state index is 11.8. The maximum atomic E-state index is 11.8. The number of nitrogens with zero attached hydrogens (tertiary/aromatic N) is 4. The van der Waals surface area contributed by atoms with Crippen molar-refractivity contribution >= 4 is 11.9 Å². The number of amides is 1. The van der Waals surface area contributed by atoms with Crippen molar-refractivity contribution in [3.8, 4) is 0 Å². The van der Waals surface area contributed by atoms with Crippen molar-refractivity contribution in [2.75, 3.05) is 13.1 Å². The van der Waals surface area contributed by atoms with E-state index in [-0.39, 0.29) is 18.9 Å². The summed E-state index contributed by atoms with van der Waals surface area (Å²) in [7, 11) is 0. The maximum Gasteiger partial charge on any atom is 0.309 e. The fourth-order valence-corrected chi connectivity index (χ4v) is 1.51. The molecule has 1 amide bonds. The van der Waals surface area contributed by atoms with Crippen LogP contribution < -0.4 is 0 Å². The second kappa shape index (κ2) is 5.97. The molecule has 0 atom stereocenters. The summed E-state index contributed by atoms with van der Waals surface area (Å²) >= 11 is 0. The zero-order valence-electron chi connectivity index (χ0n) is 9.96. The minimum Gasteiger partial charge on any atom is -0.481 e. The lowest BCUT2D eigenvalue weighted by molar-refractivity contribution is -0.136. The molecule has 1 heterocycles. The highest BCUT2D eigenvalue weighted by Gasteiger charge is 2.14. The second-order valence-corrected chi connectivity index (χ2v) is 3.52. The van der Waals surface area contributed by atoms with Crippen LogP contribution in [0.25, 0.3) is 0 Å². The van der Waals surface area contributed by atoms with Crippen LogP contribution in [-0.4, -0.2) is 50.0 Å². The molecule has 0 fully saturated rings. The summed E-state index contributed by atoms with van der Waals surface area (Å²) in [5, 5.41) is 16.0. The molecule has 1 aromatic heterocycles. The van der Waals surface area contributed by atoms with E-state index in [4.69, 9.17) is 5.11 Å². The minimum absolute atomic E-state index is 0.0320. The standard InChI is InChI=1S/C10H16N4O3/c1-3-13(4-2)9(15)7-14-8(5-10(16)17)6-11-12-14/h6H,3-5,7H2,1-2H3,(H,16,17). The molecule has 0 aliphatic heterocycles. The Bertz CT molecular complexity index is 398. The van der Waals surface area contributed by atoms with Gasteiger partial charge in [-0.3, -0.25) is 9.59 Å². The number of likely N-dealkylation sites (N-methyl/N-ethyl adjacent to an activating group) is 1. The molecule has 0 aromatic carbocycles. The van der Waals surface area contributed by atoms with E-state index in [0.29, 0.717) is 18.8 Å². The smallest absolute Gasteiger partial charge is 0.309 e. The van der Waals surface area contributed by atoms with Crippen LogP contribution in [0.4, 0.5) is 0 Å². The fraction of sp³-hybridized carbons (Fsp3) is 0.600. The number of carboxylic acid groups (broad SMARTS) is 1. The molecular formula is C10H16N4O3. The predicted octanol–water partition coefficient (Wildman–Crippen LogP) is -0.226. The molecule has 17 heavy (non-hydrogen) atoms. The Morgan fingerprint density at radius 2 is 2.06 bits per heavy atom. The highest BCUT2D eigenvalue weighted by Crippen LogP contribution is 2.00. The first-order chi connectivity index (χ1) is 8.08. The van der Waals surface area contributed by atoms with E-state index in [1.54, 1.807) is 4.90 Å². The van der Waals surface area contributed by atoms with Gasteiger partial charge in [0.15, 0.2) is 0 Å². The highest BCUT2D eigenvalue weighted by atomic mass is 16.4. The van der Waals surface area contributed by atoms with Gasteiger partial charge in [0.2, 0.25) is 5.91 Å². The van der Waals surface area contributed by atoms with Gasteiger partial charge in [-0.05, 0) is 13.8 Å². The van der Waals surface area contributed by atoms with Gasteiger partial charge in [-0.25, -0.2) is 4.68 Å². The Balaban J connectivity index is 2.71. The summed E-state index contributed by atoms with van der Waals surface area (Å²) in [5.41, 5.74) is 0.429. The molecule has 7 nitrogen and oxygen atoms in total. The predicted molar refractivity (Wildman–Crippen MR) is 59.3 cm³/mol. The summed E-state index contributed by atoms with van der Waals surface area (Å²) in [6, 6.07) is 0. The average Bonchev–Trinajstić information content (AvgIpc) is 2.66. The van der Waals surface area contributed by atoms with Crippen LogP contribution in [0.2, 0.25) is 0 Å². The van der Waals surface area contributed by atoms with Crippen LogP contribution >= 0.6 is 0 Å². The summed E-state index contributed by atoms with van der Waals surface area (Å²) < 4.78 is 1.33. The van der Waals surface area contributed by atoms with Crippen LogP contribution in [0.1, 0.15) is 19.5 Å². The van der Waals surface area contributed by atoms with E-state index in [1.807, 2.05) is 13.8 Å². The van der Waals surface area contributed by atoms with Crippen LogP contribution in [0.3, 0.4) is 0 Å². The number of rotatable bonds is 6. The van der Waals surface area contributed by atoms with Crippen molar-refractivity contribution in [3.05, 3.63) is 11.9 Å². The highest BCUT2D eigenvalue weighted by molar-refractivity contribution is 5.76. The Kier molecular flexibility index (Phi) is 4.62. The van der Waals surface area contributed by atoms with Gasteiger partial charge in [-0.1, -0.05) is 5.21 Å². The Morgan fingerprint density at radius 3 is 2.59 bits per heavy atom. The number of carbonyl (C=O) groups excluding carboxylic acids is 1. The first-order valence-electron chi connectivity index (χ1n) is 5.45. The average molecular weight is 240 g/mol. The molecule has 94 valence electrons. The monoisotopic (exact) mass is 240 g/mol. The topological polar surface area (TPSA) is 88.3 Å². The van der Waals surface area contributed by atoms with E-state index in [9.17, 15) is 9.59 Å². The third-order valence-corrected chi connectivity index (χ3v) is 2.43. The number of carboxylic acids is 1. The van der Waals surface area contributed by atoms with E-state index < -0.39 is 5.97 Å². The van der Waals surface area contributed by atoms with Crippen LogP contribution in [-0.2, 0) is 22.6 Å². The van der Waals surface area contributed by atoms with Gasteiger partial charge in [0.25, 0.3) is 0 Å². The molecule has 0 aliphatic carbocycles. The molecule has 0 saturated carbocycles. The molecule has 1 N–H and O–H groups in total. The van der Waals surface area contributed by atoms with Gasteiger partial charge in [-0.15, -0.1) is 5.10 Å². The largest absolute Gasteiger partial charge is 0.481 e. The van der Waals surface area contributed by atoms with Crippen molar-refractivity contribution in [1.82, 2.24) is 19.9 Å². The second-order valence-electron chi connectivity index (χ2n) is 3.52. The van der Waals surface area contributed by atoms with E-state index in [2.05, 4.69) is 10.3 Å². The molecule has 0 spiro atoms. The molecule has 1 rings (SSSR count). The Hall–Kier alpha value is -1.92. The number of aliphatic carboxylic acids is 1. The van der Waals surface area contributed by atoms with Gasteiger partial charge in [-0.2, -0.15) is 0 Å². The van der Waals surface area contributed by atoms with Crippen LogP contribution in [0, 0.1) is 0 Å². The fourth-order valence-electron chi connectivity index (χ4n) is 1.51. The summed E-state index contributed by atoms with van der Waals surface area (Å²) in [6.07, 6.45) is 1.18. The third-order valence-electron chi connectivity index (χ3n) is 2.43. The first-order valence-corrected chi connectivity index (χ1v) is 5.45. The van der Waals surface area contributed by atoms with E-state index in [1.165, 1.54) is 10.9 Å². The van der Waals surface area contributed by atoms with Gasteiger partial charge < -0.3 is 10.0 Å². The number of hydrogen-bond acceptors (Lipinski definition) is 4. The molecule has 1 aromatic rings. The van der Waals surface area contributed by atoms with Crippen molar-refractivity contribution in [1.29, 1.82) is 0 Å². The van der Waals surface area contributed by atoms with E-state index in [0.717, 1.165) is 0 Å². The zero-order chi connectivity index (χ0) is 12.8. The summed E-state index contributed by atoms with van der Waals surface area (Å²) in [6.45, 7) is 5.06. The molecular weight excluding hydrogens is 224 g/mol. The lowest BCUT2D eigenvalue weighted by Gasteiger charge is -2.18. The van der Waals surface area contributed by atoms with Gasteiger partial charge in [0, 0.05) is 13.1 Å². The first kappa shape index (κ1) is 13.1. The Morgan fingerprint density at radius 1 is 1.41 bits per heavy atom. The zero-order valence-corrected chi connectivity index (χ0v) is 9.96. The summed E-state index contributed by atoms with van der Waals surface area (Å²) in [5.74, 6) is -1.06. The van der Waals surface area contributed by atoms with Crippen molar-refractivity contribution < 1.29 is 14.7 Å². The van der Waals surface area contributed by atoms with Crippen molar-refractivity contribution in [2.45, 2.75) is 26.8 Å². The van der Waals surface area contributed by atoms with Crippen molar-refractivity contribution in [3.63, 3.8) is 0 Å². The normalized spacial score (nSPS) is 10.2. The Labute approximate surface area is 99.0 Å². The quantitative estimate of drug-likeness (QED) is 0.742. The molecule has 0 saturated heterocycles. The van der Waals surface area contributed by atoms with Crippen LogP contribution in [0.5, 0.6) is 0 Å². The molecule has 0 aliphatic rings. The number of carbonyl (C=O) groups is 2. The lowest BCUT2D eigenvalue weighted by Crippen LogP contribution is -2.34. The molecule has 0 radical (unpaired) electrons. The lowest BCUT2D eigenvalue weighted by atomic mass is 10.3. The molecule has 0 unspecified atom stereocenters. The SMILES string of the molecule is CCN(CC)C(=O)Cn1nncc1CC(=O)O. The number of aromatic nitrogens is 3. The van der Waals surface area contributed by atoms with Gasteiger partial charge in [0.05, 0.1) is 18.3 Å². The van der Waals surface area contributed by atoms with Gasteiger partial charge >= 0.3 is 5.97 Å². The molecule has 0 bridgehead atoms. The van der Waals surface area contributed by atoms with Gasteiger partial charge in [0.1, 0.15) is 6.54 Å². The van der Waals surface area contributed by atoms with E-state index >= 15 is 0 Å².